The number of amides is 2. The quantitative estimate of drug-likeness (QED) is 0.786. The number of anilines is 1. The Morgan fingerprint density at radius 3 is 2.88 bits per heavy atom. The molecule has 2 fully saturated rings. The molecule has 2 heterocycles. The Morgan fingerprint density at radius 2 is 2.15 bits per heavy atom. The van der Waals surface area contributed by atoms with Crippen molar-refractivity contribution in [2.75, 3.05) is 5.32 Å². The third-order valence-corrected chi connectivity index (χ3v) is 5.27. The van der Waals surface area contributed by atoms with Gasteiger partial charge in [0.05, 0.1) is 23.0 Å². The number of nitrogens with zero attached hydrogens (tertiary/aromatic N) is 2. The van der Waals surface area contributed by atoms with Crippen LogP contribution in [0.5, 0.6) is 0 Å². The van der Waals surface area contributed by atoms with Crippen LogP contribution >= 0.6 is 11.8 Å². The zero-order chi connectivity index (χ0) is 18.1. The summed E-state index contributed by atoms with van der Waals surface area (Å²) in [5, 5.41) is 5.34. The number of rotatable bonds is 5. The molecular weight excluding hydrogens is 348 g/mol. The van der Waals surface area contributed by atoms with Crippen LogP contribution in [0.25, 0.3) is 17.3 Å². The third kappa shape index (κ3) is 3.77. The number of benzene rings is 1. The molecule has 2 N–H and O–H groups in total. The van der Waals surface area contributed by atoms with Gasteiger partial charge in [0.25, 0.3) is 11.1 Å². The molecule has 0 bridgehead atoms. The lowest BCUT2D eigenvalue weighted by molar-refractivity contribution is -0.115. The second kappa shape index (κ2) is 6.92. The molecule has 2 aromatic rings. The van der Waals surface area contributed by atoms with Crippen LogP contribution in [0, 0.1) is 5.92 Å². The molecular formula is C19H18N4O2S. The number of carbonyl (C=O) groups excluding carboxylic acids is 2. The van der Waals surface area contributed by atoms with Crippen molar-refractivity contribution in [3.05, 3.63) is 47.1 Å². The molecule has 0 unspecified atom stereocenters. The fourth-order valence-corrected chi connectivity index (χ4v) is 3.56. The van der Waals surface area contributed by atoms with E-state index in [0.717, 1.165) is 40.3 Å². The number of aromatic nitrogens is 2. The summed E-state index contributed by atoms with van der Waals surface area (Å²) >= 11 is 0.912. The minimum atomic E-state index is -0.356. The molecule has 2 amide bonds. The fraction of sp³-hybridized carbons (Fsp3) is 0.263. The summed E-state index contributed by atoms with van der Waals surface area (Å²) in [6.07, 6.45) is 7.70. The highest BCUT2D eigenvalue weighted by Crippen LogP contribution is 2.34. The number of hydrogen-bond donors (Lipinski definition) is 2. The van der Waals surface area contributed by atoms with Gasteiger partial charge in [-0.2, -0.15) is 0 Å². The van der Waals surface area contributed by atoms with Crippen molar-refractivity contribution in [1.29, 1.82) is 0 Å². The van der Waals surface area contributed by atoms with Gasteiger partial charge in [0.15, 0.2) is 0 Å². The van der Waals surface area contributed by atoms with Crippen molar-refractivity contribution >= 4 is 34.8 Å². The first-order valence-electron chi connectivity index (χ1n) is 8.52. The smallest absolute Gasteiger partial charge is 0.290 e. The Bertz CT molecular complexity index is 908. The molecule has 0 radical (unpaired) electrons. The summed E-state index contributed by atoms with van der Waals surface area (Å²) in [6, 6.07) is 8.06. The largest absolute Gasteiger partial charge is 0.366 e. The molecule has 1 aromatic heterocycles. The maximum Gasteiger partial charge on any atom is 0.290 e. The van der Waals surface area contributed by atoms with Gasteiger partial charge in [-0.3, -0.25) is 19.9 Å². The Morgan fingerprint density at radius 1 is 1.31 bits per heavy atom. The molecule has 1 aliphatic carbocycles. The summed E-state index contributed by atoms with van der Waals surface area (Å²) < 4.78 is 0. The van der Waals surface area contributed by atoms with Crippen LogP contribution in [-0.4, -0.2) is 27.2 Å². The van der Waals surface area contributed by atoms with E-state index in [0.29, 0.717) is 10.9 Å². The van der Waals surface area contributed by atoms with Crippen molar-refractivity contribution in [1.82, 2.24) is 15.3 Å². The van der Waals surface area contributed by atoms with E-state index < -0.39 is 0 Å². The predicted molar refractivity (Wildman–Crippen MR) is 102 cm³/mol. The van der Waals surface area contributed by atoms with E-state index in [2.05, 4.69) is 27.5 Å². The first kappa shape index (κ1) is 16.8. The van der Waals surface area contributed by atoms with Gasteiger partial charge < -0.3 is 5.32 Å². The first-order chi connectivity index (χ1) is 12.6. The van der Waals surface area contributed by atoms with Gasteiger partial charge in [0, 0.05) is 11.6 Å². The van der Waals surface area contributed by atoms with Crippen molar-refractivity contribution in [3.8, 4) is 11.3 Å². The molecule has 6 nitrogen and oxygen atoms in total. The zero-order valence-corrected chi connectivity index (χ0v) is 15.0. The highest BCUT2D eigenvalue weighted by Gasteiger charge is 2.28. The van der Waals surface area contributed by atoms with Gasteiger partial charge >= 0.3 is 0 Å². The Kier molecular flexibility index (Phi) is 4.46. The second-order valence-corrected chi connectivity index (χ2v) is 7.55. The Labute approximate surface area is 155 Å². The van der Waals surface area contributed by atoms with Crippen molar-refractivity contribution in [2.45, 2.75) is 25.8 Å². The van der Waals surface area contributed by atoms with Crippen LogP contribution in [0.3, 0.4) is 0 Å². The normalized spacial score (nSPS) is 19.5. The van der Waals surface area contributed by atoms with Crippen LogP contribution < -0.4 is 10.6 Å². The summed E-state index contributed by atoms with van der Waals surface area (Å²) in [5.74, 6) is 1.14. The monoisotopic (exact) mass is 366 g/mol. The molecule has 1 saturated carbocycles. The summed E-state index contributed by atoms with van der Waals surface area (Å²) in [4.78, 5) is 32.3. The maximum atomic E-state index is 11.7. The lowest BCUT2D eigenvalue weighted by Crippen LogP contribution is -2.18. The minimum Gasteiger partial charge on any atom is -0.366 e. The summed E-state index contributed by atoms with van der Waals surface area (Å²) in [6.45, 7) is 2.17. The molecule has 0 spiro atoms. The number of thioether (sulfide) groups is 1. The standard InChI is InChI=1S/C19H18N4O2S/c1-11(13-5-6-13)21-17-10-20-9-15(22-17)14-4-2-3-12(7-14)8-16-18(24)23-19(25)26-16/h2-4,7-11,13H,5-6H2,1H3,(H,21,22)(H,23,24,25)/t11-/m0/s1. The molecule has 7 heteroatoms. The fourth-order valence-electron chi connectivity index (χ4n) is 2.88. The van der Waals surface area contributed by atoms with Crippen LogP contribution in [-0.2, 0) is 4.79 Å². The lowest BCUT2D eigenvalue weighted by Gasteiger charge is -2.13. The predicted octanol–water partition coefficient (Wildman–Crippen LogP) is 3.68. The average molecular weight is 366 g/mol. The minimum absolute atomic E-state index is 0.341. The SMILES string of the molecule is C[C@H](Nc1cncc(-c2cccc(C=C3SC(=O)NC3=O)c2)n1)C1CC1. The van der Waals surface area contributed by atoms with Crippen LogP contribution in [0.4, 0.5) is 10.6 Å². The number of nitrogens with one attached hydrogen (secondary N) is 2. The molecule has 1 atom stereocenters. The van der Waals surface area contributed by atoms with Crippen molar-refractivity contribution in [3.63, 3.8) is 0 Å². The van der Waals surface area contributed by atoms with Gasteiger partial charge in [-0.15, -0.1) is 0 Å². The highest BCUT2D eigenvalue weighted by atomic mass is 32.2. The van der Waals surface area contributed by atoms with E-state index in [1.54, 1.807) is 18.5 Å². The molecule has 4 rings (SSSR count). The topological polar surface area (TPSA) is 84.0 Å². The van der Waals surface area contributed by atoms with Gasteiger partial charge in [0.2, 0.25) is 0 Å². The molecule has 132 valence electrons. The zero-order valence-electron chi connectivity index (χ0n) is 14.2. The molecule has 1 aromatic carbocycles. The molecule has 1 aliphatic heterocycles. The van der Waals surface area contributed by atoms with Crippen LogP contribution in [0.15, 0.2) is 41.6 Å². The number of carbonyl (C=O) groups is 2. The number of hydrogen-bond acceptors (Lipinski definition) is 6. The van der Waals surface area contributed by atoms with Gasteiger partial charge in [-0.25, -0.2) is 4.98 Å². The summed E-state index contributed by atoms with van der Waals surface area (Å²) in [5.41, 5.74) is 2.50. The third-order valence-electron chi connectivity index (χ3n) is 4.46. The van der Waals surface area contributed by atoms with Crippen molar-refractivity contribution in [2.24, 2.45) is 5.92 Å². The van der Waals surface area contributed by atoms with E-state index in [1.165, 1.54) is 12.8 Å². The second-order valence-electron chi connectivity index (χ2n) is 6.54. The molecule has 1 saturated heterocycles. The highest BCUT2D eigenvalue weighted by molar-refractivity contribution is 8.18. The van der Waals surface area contributed by atoms with E-state index in [4.69, 9.17) is 0 Å². The van der Waals surface area contributed by atoms with E-state index >= 15 is 0 Å². The average Bonchev–Trinajstić information content (AvgIpc) is 3.42. The van der Waals surface area contributed by atoms with Crippen LogP contribution in [0.2, 0.25) is 0 Å². The number of imide groups is 1. The first-order valence-corrected chi connectivity index (χ1v) is 9.34. The van der Waals surface area contributed by atoms with Gasteiger partial charge in [0.1, 0.15) is 5.82 Å². The Balaban J connectivity index is 1.57. The van der Waals surface area contributed by atoms with E-state index in [1.807, 2.05) is 24.3 Å². The van der Waals surface area contributed by atoms with E-state index in [-0.39, 0.29) is 11.1 Å². The maximum absolute atomic E-state index is 11.7. The summed E-state index contributed by atoms with van der Waals surface area (Å²) in [7, 11) is 0. The van der Waals surface area contributed by atoms with E-state index in [9.17, 15) is 9.59 Å². The Hall–Kier alpha value is -2.67. The van der Waals surface area contributed by atoms with Gasteiger partial charge in [-0.1, -0.05) is 18.2 Å². The lowest BCUT2D eigenvalue weighted by atomic mass is 10.1. The van der Waals surface area contributed by atoms with Crippen molar-refractivity contribution < 1.29 is 9.59 Å². The molecule has 26 heavy (non-hydrogen) atoms. The molecule has 2 aliphatic rings. The van der Waals surface area contributed by atoms with Crippen LogP contribution in [0.1, 0.15) is 25.3 Å². The van der Waals surface area contributed by atoms with Gasteiger partial charge in [-0.05, 0) is 55.2 Å².